The summed E-state index contributed by atoms with van der Waals surface area (Å²) < 4.78 is 27.4. The number of aromatic nitrogens is 1. The molecule has 2 N–H and O–H groups in total. The van der Waals surface area contributed by atoms with Crippen LogP contribution in [0.3, 0.4) is 0 Å². The fourth-order valence-corrected chi connectivity index (χ4v) is 5.46. The second kappa shape index (κ2) is 10.2. The van der Waals surface area contributed by atoms with E-state index in [0.29, 0.717) is 35.4 Å². The highest BCUT2D eigenvalue weighted by Crippen LogP contribution is 2.46. The van der Waals surface area contributed by atoms with Crippen molar-refractivity contribution in [3.05, 3.63) is 55.2 Å². The fourth-order valence-electron chi connectivity index (χ4n) is 5.23. The van der Waals surface area contributed by atoms with E-state index in [1.165, 1.54) is 0 Å². The number of nitrogens with one attached hydrogen (secondary N) is 2. The lowest BCUT2D eigenvalue weighted by Gasteiger charge is -2.38. The number of fused-ring (bicyclic) bond motifs is 1. The molecule has 4 rings (SSSR count). The van der Waals surface area contributed by atoms with Crippen molar-refractivity contribution in [1.82, 2.24) is 15.2 Å². The molecule has 2 aliphatic rings. The number of halogens is 2. The van der Waals surface area contributed by atoms with Gasteiger partial charge in [0.15, 0.2) is 17.3 Å². The molecule has 0 unspecified atom stereocenters. The number of hydrogen-bond donors (Lipinski definition) is 2. The number of aromatic amines is 1. The van der Waals surface area contributed by atoms with E-state index in [-0.39, 0.29) is 34.5 Å². The minimum atomic E-state index is -0.858. The Morgan fingerprint density at radius 3 is 2.51 bits per heavy atom. The molecular weight excluding hydrogens is 473 g/mol. The maximum Gasteiger partial charge on any atom is 0.254 e. The molecule has 2 heterocycles. The smallest absolute Gasteiger partial charge is 0.254 e. The third-order valence-electron chi connectivity index (χ3n) is 7.34. The summed E-state index contributed by atoms with van der Waals surface area (Å²) in [4.78, 5) is 30.3. The summed E-state index contributed by atoms with van der Waals surface area (Å²) >= 11 is 6.28. The lowest BCUT2D eigenvalue weighted by Crippen LogP contribution is -2.41. The number of amides is 1. The molecule has 1 aromatic heterocycles. The first kappa shape index (κ1) is 25.5. The molecule has 0 bridgehead atoms. The first-order valence-electron chi connectivity index (χ1n) is 12.0. The second-order valence-corrected chi connectivity index (χ2v) is 10.3. The third kappa shape index (κ3) is 5.05. The van der Waals surface area contributed by atoms with Crippen molar-refractivity contribution in [2.75, 3.05) is 20.7 Å². The molecule has 1 amide bonds. The SMILES string of the molecule is Cc1cc(C)c(CNC(=O)c2c(C)c3c(c(Cl)c2F)OC[C@H](C2CCC(N(C)C)CC2)O3)c(=O)[nH]1. The molecule has 9 heteroatoms. The maximum absolute atomic E-state index is 15.2. The number of benzene rings is 1. The van der Waals surface area contributed by atoms with E-state index in [4.69, 9.17) is 21.1 Å². The maximum atomic E-state index is 15.2. The van der Waals surface area contributed by atoms with Crippen LogP contribution < -0.4 is 20.3 Å². The zero-order valence-electron chi connectivity index (χ0n) is 20.9. The van der Waals surface area contributed by atoms with Crippen molar-refractivity contribution in [2.24, 2.45) is 5.92 Å². The van der Waals surface area contributed by atoms with Crippen LogP contribution in [0, 0.1) is 32.5 Å². The minimum absolute atomic E-state index is 0.0387. The highest BCUT2D eigenvalue weighted by molar-refractivity contribution is 6.33. The number of pyridine rings is 1. The van der Waals surface area contributed by atoms with E-state index < -0.39 is 11.7 Å². The number of carbonyl (C=O) groups excluding carboxylic acids is 1. The quantitative estimate of drug-likeness (QED) is 0.633. The van der Waals surface area contributed by atoms with Crippen LogP contribution in [0.1, 0.15) is 58.4 Å². The Hall–Kier alpha value is -2.58. The molecule has 35 heavy (non-hydrogen) atoms. The van der Waals surface area contributed by atoms with E-state index in [1.54, 1.807) is 20.8 Å². The van der Waals surface area contributed by atoms with Gasteiger partial charge < -0.3 is 24.7 Å². The molecule has 1 aromatic carbocycles. The summed E-state index contributed by atoms with van der Waals surface area (Å²) in [5.74, 6) is -0.750. The summed E-state index contributed by atoms with van der Waals surface area (Å²) in [5, 5.41) is 2.39. The van der Waals surface area contributed by atoms with Gasteiger partial charge in [0.2, 0.25) is 0 Å². The standard InChI is InChI=1S/C26H33ClFN3O4/c1-13-10-14(2)30-25(32)18(13)11-29-26(33)20-15(3)23-24(21(27)22(20)28)34-12-19(35-23)16-6-8-17(9-7-16)31(4)5/h10,16-17,19H,6-9,11-12H2,1-5H3,(H,29,33)(H,30,32)/t16?,17?,19-/m1/s1. The Bertz CT molecular complexity index is 1190. The van der Waals surface area contributed by atoms with Gasteiger partial charge in [-0.05, 0) is 78.1 Å². The Balaban J connectivity index is 1.55. The van der Waals surface area contributed by atoms with Gasteiger partial charge in [-0.3, -0.25) is 9.59 Å². The fraction of sp³-hybridized carbons (Fsp3) is 0.538. The molecule has 1 aliphatic heterocycles. The summed E-state index contributed by atoms with van der Waals surface area (Å²) in [7, 11) is 4.20. The van der Waals surface area contributed by atoms with Crippen LogP contribution in [-0.2, 0) is 6.54 Å². The van der Waals surface area contributed by atoms with Crippen molar-refractivity contribution in [1.29, 1.82) is 0 Å². The van der Waals surface area contributed by atoms with Crippen LogP contribution in [0.25, 0.3) is 0 Å². The summed E-state index contributed by atoms with van der Waals surface area (Å²) in [5.41, 5.74) is 1.74. The van der Waals surface area contributed by atoms with Gasteiger partial charge in [-0.2, -0.15) is 0 Å². The van der Waals surface area contributed by atoms with Gasteiger partial charge >= 0.3 is 0 Å². The number of rotatable bonds is 5. The molecular formula is C26H33ClFN3O4. The zero-order valence-corrected chi connectivity index (χ0v) is 21.6. The molecule has 0 saturated heterocycles. The van der Waals surface area contributed by atoms with Gasteiger partial charge in [-0.15, -0.1) is 0 Å². The lowest BCUT2D eigenvalue weighted by molar-refractivity contribution is 0.0236. The number of H-pyrrole nitrogens is 1. The number of ether oxygens (including phenoxy) is 2. The highest BCUT2D eigenvalue weighted by Gasteiger charge is 2.37. The first-order valence-corrected chi connectivity index (χ1v) is 12.4. The molecule has 0 radical (unpaired) electrons. The van der Waals surface area contributed by atoms with E-state index in [1.807, 2.05) is 6.07 Å². The van der Waals surface area contributed by atoms with Crippen molar-refractivity contribution in [2.45, 2.75) is 65.1 Å². The summed E-state index contributed by atoms with van der Waals surface area (Å²) in [6.07, 6.45) is 4.00. The molecule has 1 aliphatic carbocycles. The predicted octanol–water partition coefficient (Wildman–Crippen LogP) is 4.28. The molecule has 7 nitrogen and oxygen atoms in total. The van der Waals surface area contributed by atoms with Crippen LogP contribution in [0.2, 0.25) is 5.02 Å². The Morgan fingerprint density at radius 2 is 1.89 bits per heavy atom. The van der Waals surface area contributed by atoms with Gasteiger partial charge in [0.1, 0.15) is 17.7 Å². The normalized spacial score (nSPS) is 21.8. The van der Waals surface area contributed by atoms with E-state index >= 15 is 4.39 Å². The van der Waals surface area contributed by atoms with Gasteiger partial charge in [0.25, 0.3) is 11.5 Å². The first-order chi connectivity index (χ1) is 16.6. The number of carbonyl (C=O) groups is 1. The van der Waals surface area contributed by atoms with Crippen molar-refractivity contribution >= 4 is 17.5 Å². The van der Waals surface area contributed by atoms with Gasteiger partial charge in [-0.25, -0.2) is 4.39 Å². The van der Waals surface area contributed by atoms with E-state index in [2.05, 4.69) is 29.3 Å². The Kier molecular flexibility index (Phi) is 7.43. The van der Waals surface area contributed by atoms with Crippen LogP contribution in [-0.4, -0.2) is 48.6 Å². The van der Waals surface area contributed by atoms with Crippen molar-refractivity contribution in [3.63, 3.8) is 0 Å². The second-order valence-electron chi connectivity index (χ2n) is 9.91. The number of nitrogens with zero attached hydrogens (tertiary/aromatic N) is 1. The number of aryl methyl sites for hydroxylation is 2. The van der Waals surface area contributed by atoms with Crippen LogP contribution in [0.4, 0.5) is 4.39 Å². The monoisotopic (exact) mass is 505 g/mol. The number of hydrogen-bond acceptors (Lipinski definition) is 5. The molecule has 1 atom stereocenters. The van der Waals surface area contributed by atoms with Gasteiger partial charge in [0.05, 0.1) is 5.56 Å². The zero-order chi connectivity index (χ0) is 25.4. The molecule has 0 spiro atoms. The van der Waals surface area contributed by atoms with Crippen molar-refractivity contribution in [3.8, 4) is 11.5 Å². The Morgan fingerprint density at radius 1 is 1.20 bits per heavy atom. The van der Waals surface area contributed by atoms with Crippen LogP contribution >= 0.6 is 11.6 Å². The molecule has 1 fully saturated rings. The topological polar surface area (TPSA) is 83.7 Å². The molecule has 1 saturated carbocycles. The Labute approximate surface area is 209 Å². The van der Waals surface area contributed by atoms with Gasteiger partial charge in [0, 0.05) is 29.4 Å². The minimum Gasteiger partial charge on any atom is -0.484 e. The van der Waals surface area contributed by atoms with Crippen molar-refractivity contribution < 1.29 is 18.7 Å². The predicted molar refractivity (Wildman–Crippen MR) is 133 cm³/mol. The largest absolute Gasteiger partial charge is 0.484 e. The average molecular weight is 506 g/mol. The van der Waals surface area contributed by atoms with Crippen LogP contribution in [0.5, 0.6) is 11.5 Å². The third-order valence-corrected chi connectivity index (χ3v) is 7.68. The molecule has 190 valence electrons. The van der Waals surface area contributed by atoms with E-state index in [0.717, 1.165) is 36.9 Å². The molecule has 2 aromatic rings. The average Bonchev–Trinajstić information content (AvgIpc) is 2.81. The van der Waals surface area contributed by atoms with E-state index in [9.17, 15) is 9.59 Å². The van der Waals surface area contributed by atoms with Crippen LogP contribution in [0.15, 0.2) is 10.9 Å². The highest BCUT2D eigenvalue weighted by atomic mass is 35.5. The lowest BCUT2D eigenvalue weighted by atomic mass is 9.82. The summed E-state index contributed by atoms with van der Waals surface area (Å²) in [6, 6.07) is 2.38. The van der Waals surface area contributed by atoms with Gasteiger partial charge in [-0.1, -0.05) is 11.6 Å². The summed E-state index contributed by atoms with van der Waals surface area (Å²) in [6.45, 7) is 5.47.